The van der Waals surface area contributed by atoms with Gasteiger partial charge in [0.15, 0.2) is 16.4 Å². The Bertz CT molecular complexity index is 1010. The zero-order valence-corrected chi connectivity index (χ0v) is 17.7. The number of esters is 1. The topological polar surface area (TPSA) is 111 Å². The predicted molar refractivity (Wildman–Crippen MR) is 107 cm³/mol. The van der Waals surface area contributed by atoms with Gasteiger partial charge in [0.05, 0.1) is 22.6 Å². The van der Waals surface area contributed by atoms with Gasteiger partial charge in [-0.05, 0) is 37.5 Å². The monoisotopic (exact) mass is 422 g/mol. The number of rotatable bonds is 7. The number of carbonyl (C=O) groups excluding carboxylic acids is 2. The van der Waals surface area contributed by atoms with Gasteiger partial charge in [-0.15, -0.1) is 5.10 Å². The number of fused-ring (bicyclic) bond motifs is 1. The lowest BCUT2D eigenvalue weighted by molar-refractivity contribution is -0.137. The molecule has 0 radical (unpaired) electrons. The van der Waals surface area contributed by atoms with Gasteiger partial charge in [-0.2, -0.15) is 0 Å². The Hall–Kier alpha value is -2.49. The molecule has 1 fully saturated rings. The normalized spacial score (nSPS) is 18.3. The van der Waals surface area contributed by atoms with E-state index in [1.165, 1.54) is 0 Å². The van der Waals surface area contributed by atoms with E-state index in [9.17, 15) is 18.0 Å². The van der Waals surface area contributed by atoms with Crippen LogP contribution in [0.3, 0.4) is 0 Å². The second-order valence-corrected chi connectivity index (χ2v) is 9.91. The van der Waals surface area contributed by atoms with E-state index in [1.54, 1.807) is 27.8 Å². The smallest absolute Gasteiger partial charge is 0.338 e. The molecule has 1 atom stereocenters. The predicted octanol–water partition coefficient (Wildman–Crippen LogP) is 1.28. The number of ether oxygens (including phenoxy) is 1. The van der Waals surface area contributed by atoms with Crippen LogP contribution in [0.1, 0.15) is 37.6 Å². The first kappa shape index (κ1) is 21.2. The molecule has 0 aliphatic carbocycles. The molecule has 1 aromatic heterocycles. The third-order valence-electron chi connectivity index (χ3n) is 4.91. The van der Waals surface area contributed by atoms with E-state index in [2.05, 4.69) is 10.3 Å². The van der Waals surface area contributed by atoms with Gasteiger partial charge in [-0.1, -0.05) is 19.1 Å². The van der Waals surface area contributed by atoms with Crippen molar-refractivity contribution in [3.63, 3.8) is 0 Å². The molecular weight excluding hydrogens is 396 g/mol. The lowest BCUT2D eigenvalue weighted by atomic mass is 10.1. The van der Waals surface area contributed by atoms with Crippen molar-refractivity contribution in [3.05, 3.63) is 23.8 Å². The number of sulfone groups is 1. The fraction of sp³-hybridized carbons (Fsp3) is 0.579. The minimum Gasteiger partial charge on any atom is -0.452 e. The zero-order chi connectivity index (χ0) is 21.2. The first-order valence-corrected chi connectivity index (χ1v) is 11.5. The molecule has 0 unspecified atom stereocenters. The number of nitrogens with zero attached hydrogens (tertiary/aromatic N) is 4. The summed E-state index contributed by atoms with van der Waals surface area (Å²) in [5.41, 5.74) is 1.67. The van der Waals surface area contributed by atoms with Crippen molar-refractivity contribution < 1.29 is 22.7 Å². The highest BCUT2D eigenvalue weighted by molar-refractivity contribution is 7.91. The molecule has 29 heavy (non-hydrogen) atoms. The van der Waals surface area contributed by atoms with Crippen molar-refractivity contribution >= 4 is 32.7 Å². The molecule has 9 nitrogen and oxygen atoms in total. The number of aryl methyl sites for hydroxylation is 1. The SMILES string of the molecule is CCn1nnc2cc(C(=O)OCC(=O)N(CC(C)C)[C@H]3CCS(=O)(=O)C3)ccc21. The van der Waals surface area contributed by atoms with Crippen LogP contribution >= 0.6 is 0 Å². The molecule has 0 spiro atoms. The average Bonchev–Trinajstić information content (AvgIpc) is 3.25. The Morgan fingerprint density at radius 2 is 2.10 bits per heavy atom. The summed E-state index contributed by atoms with van der Waals surface area (Å²) in [5.74, 6) is -0.801. The molecule has 2 aromatic rings. The minimum absolute atomic E-state index is 0.0385. The maximum atomic E-state index is 12.7. The van der Waals surface area contributed by atoms with Crippen molar-refractivity contribution in [1.82, 2.24) is 19.9 Å². The highest BCUT2D eigenvalue weighted by Crippen LogP contribution is 2.20. The van der Waals surface area contributed by atoms with Crippen LogP contribution in [0.4, 0.5) is 0 Å². The molecule has 10 heteroatoms. The van der Waals surface area contributed by atoms with Crippen molar-refractivity contribution in [2.45, 2.75) is 39.8 Å². The number of carbonyl (C=O) groups is 2. The summed E-state index contributed by atoms with van der Waals surface area (Å²) in [6, 6.07) is 4.57. The quantitative estimate of drug-likeness (QED) is 0.618. The molecule has 3 rings (SSSR count). The summed E-state index contributed by atoms with van der Waals surface area (Å²) in [6.45, 7) is 6.51. The Kier molecular flexibility index (Phi) is 6.21. The molecule has 2 heterocycles. The summed E-state index contributed by atoms with van der Waals surface area (Å²) in [7, 11) is -3.12. The fourth-order valence-corrected chi connectivity index (χ4v) is 5.23. The molecule has 0 saturated carbocycles. The molecule has 1 aliphatic heterocycles. The number of amides is 1. The largest absolute Gasteiger partial charge is 0.452 e. The van der Waals surface area contributed by atoms with Gasteiger partial charge in [-0.3, -0.25) is 4.79 Å². The van der Waals surface area contributed by atoms with Gasteiger partial charge >= 0.3 is 5.97 Å². The number of hydrogen-bond acceptors (Lipinski definition) is 7. The molecule has 0 bridgehead atoms. The van der Waals surface area contributed by atoms with Crippen LogP contribution in [0.2, 0.25) is 0 Å². The van der Waals surface area contributed by atoms with Crippen molar-refractivity contribution in [1.29, 1.82) is 0 Å². The van der Waals surface area contributed by atoms with Crippen LogP contribution in [0.25, 0.3) is 11.0 Å². The third-order valence-corrected chi connectivity index (χ3v) is 6.66. The fourth-order valence-electron chi connectivity index (χ4n) is 3.50. The van der Waals surface area contributed by atoms with Crippen LogP contribution in [0.15, 0.2) is 18.2 Å². The molecule has 1 amide bonds. The van der Waals surface area contributed by atoms with Gasteiger partial charge in [0.1, 0.15) is 5.52 Å². The summed E-state index contributed by atoms with van der Waals surface area (Å²) >= 11 is 0. The highest BCUT2D eigenvalue weighted by atomic mass is 32.2. The van der Waals surface area contributed by atoms with Crippen LogP contribution in [0, 0.1) is 5.92 Å². The summed E-state index contributed by atoms with van der Waals surface area (Å²) < 4.78 is 30.5. The van der Waals surface area contributed by atoms with E-state index < -0.39 is 22.4 Å². The summed E-state index contributed by atoms with van der Waals surface area (Å²) in [6.07, 6.45) is 0.415. The molecule has 1 aliphatic rings. The van der Waals surface area contributed by atoms with E-state index in [4.69, 9.17) is 4.74 Å². The summed E-state index contributed by atoms with van der Waals surface area (Å²) in [4.78, 5) is 26.6. The molecule has 1 saturated heterocycles. The van der Waals surface area contributed by atoms with Crippen molar-refractivity contribution in [2.24, 2.45) is 5.92 Å². The van der Waals surface area contributed by atoms with E-state index in [0.717, 1.165) is 5.52 Å². The van der Waals surface area contributed by atoms with Crippen LogP contribution in [-0.2, 0) is 25.9 Å². The van der Waals surface area contributed by atoms with Crippen molar-refractivity contribution in [2.75, 3.05) is 24.7 Å². The number of aromatic nitrogens is 3. The lowest BCUT2D eigenvalue weighted by Crippen LogP contribution is -2.45. The second kappa shape index (κ2) is 8.48. The first-order chi connectivity index (χ1) is 13.7. The van der Waals surface area contributed by atoms with E-state index >= 15 is 0 Å². The van der Waals surface area contributed by atoms with Gasteiger partial charge in [-0.25, -0.2) is 17.9 Å². The Morgan fingerprint density at radius 3 is 2.72 bits per heavy atom. The van der Waals surface area contributed by atoms with E-state index in [0.29, 0.717) is 25.0 Å². The third kappa shape index (κ3) is 4.92. The maximum Gasteiger partial charge on any atom is 0.338 e. The van der Waals surface area contributed by atoms with E-state index in [-0.39, 0.29) is 34.9 Å². The van der Waals surface area contributed by atoms with Gasteiger partial charge in [0.2, 0.25) is 0 Å². The Morgan fingerprint density at radius 1 is 1.34 bits per heavy atom. The second-order valence-electron chi connectivity index (χ2n) is 7.68. The maximum absolute atomic E-state index is 12.7. The molecule has 158 valence electrons. The average molecular weight is 423 g/mol. The van der Waals surface area contributed by atoms with Crippen LogP contribution < -0.4 is 0 Å². The first-order valence-electron chi connectivity index (χ1n) is 9.70. The Labute approximate surface area is 169 Å². The molecular formula is C19H26N4O5S. The van der Waals surface area contributed by atoms with Crippen molar-refractivity contribution in [3.8, 4) is 0 Å². The summed E-state index contributed by atoms with van der Waals surface area (Å²) in [5, 5.41) is 8.03. The van der Waals surface area contributed by atoms with Gasteiger partial charge in [0, 0.05) is 19.1 Å². The van der Waals surface area contributed by atoms with E-state index in [1.807, 2.05) is 20.8 Å². The lowest BCUT2D eigenvalue weighted by Gasteiger charge is -2.29. The highest BCUT2D eigenvalue weighted by Gasteiger charge is 2.35. The molecule has 1 aromatic carbocycles. The van der Waals surface area contributed by atoms with Gasteiger partial charge in [0.25, 0.3) is 5.91 Å². The number of hydrogen-bond donors (Lipinski definition) is 0. The number of benzene rings is 1. The van der Waals surface area contributed by atoms with Crippen LogP contribution in [0.5, 0.6) is 0 Å². The zero-order valence-electron chi connectivity index (χ0n) is 16.9. The standard InChI is InChI=1S/C19H26N4O5S/c1-4-23-17-6-5-14(9-16(17)20-21-23)19(25)28-11-18(24)22(10-13(2)3)15-7-8-29(26,27)12-15/h5-6,9,13,15H,4,7-8,10-12H2,1-3H3/t15-/m0/s1. The Balaban J connectivity index is 1.66. The minimum atomic E-state index is -3.12. The van der Waals surface area contributed by atoms with Crippen LogP contribution in [-0.4, -0.2) is 70.9 Å². The van der Waals surface area contributed by atoms with Gasteiger partial charge < -0.3 is 9.64 Å². The molecule has 0 N–H and O–H groups in total.